The summed E-state index contributed by atoms with van der Waals surface area (Å²) >= 11 is 5.90. The van der Waals surface area contributed by atoms with E-state index >= 15 is 0 Å². The van der Waals surface area contributed by atoms with Gasteiger partial charge in [0.1, 0.15) is 17.5 Å². The van der Waals surface area contributed by atoms with Crippen LogP contribution in [0.2, 0.25) is 5.02 Å². The second kappa shape index (κ2) is 13.7. The van der Waals surface area contributed by atoms with Gasteiger partial charge in [0.05, 0.1) is 13.7 Å². The topological polar surface area (TPSA) is 67.9 Å². The van der Waals surface area contributed by atoms with E-state index in [1.807, 2.05) is 45.0 Å². The number of hydrogen-bond donors (Lipinski definition) is 1. The minimum Gasteiger partial charge on any atom is -0.497 e. The van der Waals surface area contributed by atoms with Crippen molar-refractivity contribution >= 4 is 23.4 Å². The van der Waals surface area contributed by atoms with Gasteiger partial charge in [-0.05, 0) is 68.1 Å². The van der Waals surface area contributed by atoms with Gasteiger partial charge in [-0.25, -0.2) is 0 Å². The van der Waals surface area contributed by atoms with Crippen LogP contribution < -0.4 is 14.8 Å². The molecule has 0 unspecified atom stereocenters. The summed E-state index contributed by atoms with van der Waals surface area (Å²) in [6.45, 7) is 6.64. The fraction of sp³-hybridized carbons (Fsp3) is 0.462. The van der Waals surface area contributed by atoms with Crippen LogP contribution in [0.15, 0.2) is 48.5 Å². The number of carbonyl (C=O) groups is 2. The number of hydrogen-bond acceptors (Lipinski definition) is 4. The van der Waals surface area contributed by atoms with Gasteiger partial charge < -0.3 is 19.7 Å². The standard InChI is InChI=1S/C26H35ClN2O4/c1-5-19(3)28-26(31)24(6-2)29(18-20-9-7-10-23(17-20)32-4)25(30)11-8-16-33-22-14-12-21(27)13-15-22/h7,9-10,12-15,17,19,24H,5-6,8,11,16,18H2,1-4H3,(H,28,31)/t19-,24-/m0/s1. The quantitative estimate of drug-likeness (QED) is 0.403. The Bertz CT molecular complexity index is 888. The number of methoxy groups -OCH3 is 1. The number of amides is 2. The largest absolute Gasteiger partial charge is 0.497 e. The van der Waals surface area contributed by atoms with Crippen LogP contribution in [0.25, 0.3) is 0 Å². The molecule has 33 heavy (non-hydrogen) atoms. The first-order chi connectivity index (χ1) is 15.9. The number of ether oxygens (including phenoxy) is 2. The van der Waals surface area contributed by atoms with E-state index < -0.39 is 6.04 Å². The number of nitrogens with one attached hydrogen (secondary N) is 1. The van der Waals surface area contributed by atoms with E-state index in [1.165, 1.54) is 0 Å². The summed E-state index contributed by atoms with van der Waals surface area (Å²) in [5.41, 5.74) is 0.912. The van der Waals surface area contributed by atoms with Gasteiger partial charge in [0.15, 0.2) is 0 Å². The van der Waals surface area contributed by atoms with E-state index in [2.05, 4.69) is 5.32 Å². The molecule has 0 aromatic heterocycles. The zero-order valence-corrected chi connectivity index (χ0v) is 20.7. The van der Waals surface area contributed by atoms with Gasteiger partial charge in [-0.3, -0.25) is 9.59 Å². The lowest BCUT2D eigenvalue weighted by molar-refractivity contribution is -0.141. The van der Waals surface area contributed by atoms with Crippen LogP contribution in [-0.2, 0) is 16.1 Å². The molecule has 0 spiro atoms. The zero-order valence-electron chi connectivity index (χ0n) is 20.0. The van der Waals surface area contributed by atoms with Gasteiger partial charge >= 0.3 is 0 Å². The second-order valence-corrected chi connectivity index (χ2v) is 8.46. The smallest absolute Gasteiger partial charge is 0.243 e. The summed E-state index contributed by atoms with van der Waals surface area (Å²) in [5, 5.41) is 3.67. The summed E-state index contributed by atoms with van der Waals surface area (Å²) in [5.74, 6) is 1.22. The number of rotatable bonds is 13. The van der Waals surface area contributed by atoms with Crippen molar-refractivity contribution in [2.75, 3.05) is 13.7 Å². The molecule has 0 saturated carbocycles. The van der Waals surface area contributed by atoms with Crippen molar-refractivity contribution in [1.29, 1.82) is 0 Å². The van der Waals surface area contributed by atoms with Crippen LogP contribution in [0.1, 0.15) is 52.0 Å². The number of carbonyl (C=O) groups excluding carboxylic acids is 2. The minimum absolute atomic E-state index is 0.0492. The third-order valence-corrected chi connectivity index (χ3v) is 5.74. The lowest BCUT2D eigenvalue weighted by atomic mass is 10.1. The van der Waals surface area contributed by atoms with Crippen LogP contribution >= 0.6 is 11.6 Å². The molecule has 7 heteroatoms. The first-order valence-corrected chi connectivity index (χ1v) is 11.9. The van der Waals surface area contributed by atoms with Gasteiger partial charge in [0, 0.05) is 24.0 Å². The molecule has 0 aliphatic rings. The van der Waals surface area contributed by atoms with Crippen LogP contribution in [-0.4, -0.2) is 42.5 Å². The van der Waals surface area contributed by atoms with Gasteiger partial charge in [-0.15, -0.1) is 0 Å². The van der Waals surface area contributed by atoms with E-state index in [-0.39, 0.29) is 24.3 Å². The highest BCUT2D eigenvalue weighted by atomic mass is 35.5. The van der Waals surface area contributed by atoms with E-state index in [0.29, 0.717) is 42.5 Å². The predicted molar refractivity (Wildman–Crippen MR) is 132 cm³/mol. The Balaban J connectivity index is 2.09. The zero-order chi connectivity index (χ0) is 24.2. The molecule has 0 bridgehead atoms. The molecule has 180 valence electrons. The van der Waals surface area contributed by atoms with E-state index in [1.54, 1.807) is 36.3 Å². The first kappa shape index (κ1) is 26.5. The predicted octanol–water partition coefficient (Wildman–Crippen LogP) is 5.23. The lowest BCUT2D eigenvalue weighted by Crippen LogP contribution is -2.50. The summed E-state index contributed by atoms with van der Waals surface area (Å²) < 4.78 is 11.0. The average molecular weight is 475 g/mol. The Morgan fingerprint density at radius 1 is 1.06 bits per heavy atom. The van der Waals surface area contributed by atoms with E-state index in [0.717, 1.165) is 12.0 Å². The highest BCUT2D eigenvalue weighted by Gasteiger charge is 2.29. The molecular weight excluding hydrogens is 440 g/mol. The molecule has 0 aliphatic carbocycles. The first-order valence-electron chi connectivity index (χ1n) is 11.5. The van der Waals surface area contributed by atoms with Crippen LogP contribution in [0.3, 0.4) is 0 Å². The Morgan fingerprint density at radius 3 is 2.42 bits per heavy atom. The second-order valence-electron chi connectivity index (χ2n) is 8.02. The van der Waals surface area contributed by atoms with Gasteiger partial charge in [0.2, 0.25) is 11.8 Å². The number of halogens is 1. The molecule has 6 nitrogen and oxygen atoms in total. The van der Waals surface area contributed by atoms with Crippen molar-refractivity contribution in [3.05, 3.63) is 59.1 Å². The molecule has 1 N–H and O–H groups in total. The highest BCUT2D eigenvalue weighted by molar-refractivity contribution is 6.30. The normalized spacial score (nSPS) is 12.5. The molecule has 2 amide bonds. The molecule has 0 radical (unpaired) electrons. The van der Waals surface area contributed by atoms with Crippen molar-refractivity contribution < 1.29 is 19.1 Å². The molecule has 0 aliphatic heterocycles. The third-order valence-electron chi connectivity index (χ3n) is 5.49. The maximum atomic E-state index is 13.3. The summed E-state index contributed by atoms with van der Waals surface area (Å²) in [6, 6.07) is 14.2. The lowest BCUT2D eigenvalue weighted by Gasteiger charge is -2.31. The SMILES string of the molecule is CC[C@H](C)NC(=O)[C@H](CC)N(Cc1cccc(OC)c1)C(=O)CCCOc1ccc(Cl)cc1. The van der Waals surface area contributed by atoms with Crippen LogP contribution in [0.4, 0.5) is 0 Å². The van der Waals surface area contributed by atoms with Crippen molar-refractivity contribution in [3.8, 4) is 11.5 Å². The summed E-state index contributed by atoms with van der Waals surface area (Å²) in [7, 11) is 1.61. The average Bonchev–Trinajstić information content (AvgIpc) is 2.82. The molecule has 0 saturated heterocycles. The van der Waals surface area contributed by atoms with Crippen molar-refractivity contribution in [2.45, 2.75) is 65.1 Å². The van der Waals surface area contributed by atoms with Gasteiger partial charge in [-0.2, -0.15) is 0 Å². The molecule has 2 rings (SSSR count). The van der Waals surface area contributed by atoms with E-state index in [9.17, 15) is 9.59 Å². The van der Waals surface area contributed by atoms with Crippen molar-refractivity contribution in [3.63, 3.8) is 0 Å². The van der Waals surface area contributed by atoms with Gasteiger partial charge in [0.25, 0.3) is 0 Å². The summed E-state index contributed by atoms with van der Waals surface area (Å²) in [6.07, 6.45) is 2.18. The van der Waals surface area contributed by atoms with Crippen LogP contribution in [0, 0.1) is 0 Å². The number of benzene rings is 2. The monoisotopic (exact) mass is 474 g/mol. The summed E-state index contributed by atoms with van der Waals surface area (Å²) in [4.78, 5) is 27.9. The Kier molecular flexibility index (Phi) is 11.0. The molecule has 2 atom stereocenters. The fourth-order valence-electron chi connectivity index (χ4n) is 3.42. The minimum atomic E-state index is -0.546. The van der Waals surface area contributed by atoms with Crippen LogP contribution in [0.5, 0.6) is 11.5 Å². The van der Waals surface area contributed by atoms with Crippen molar-refractivity contribution in [2.24, 2.45) is 0 Å². The molecule has 2 aromatic carbocycles. The third kappa shape index (κ3) is 8.61. The maximum Gasteiger partial charge on any atom is 0.243 e. The van der Waals surface area contributed by atoms with Crippen molar-refractivity contribution in [1.82, 2.24) is 10.2 Å². The Morgan fingerprint density at radius 2 is 1.79 bits per heavy atom. The fourth-order valence-corrected chi connectivity index (χ4v) is 3.54. The molecule has 0 heterocycles. The van der Waals surface area contributed by atoms with E-state index in [4.69, 9.17) is 21.1 Å². The Hall–Kier alpha value is -2.73. The highest BCUT2D eigenvalue weighted by Crippen LogP contribution is 2.19. The molecular formula is C26H35ClN2O4. The number of nitrogens with zero attached hydrogens (tertiary/aromatic N) is 1. The maximum absolute atomic E-state index is 13.3. The Labute approximate surface area is 202 Å². The molecule has 0 fully saturated rings. The molecule has 2 aromatic rings. The van der Waals surface area contributed by atoms with Gasteiger partial charge in [-0.1, -0.05) is 37.6 Å².